The van der Waals surface area contributed by atoms with Gasteiger partial charge in [-0.25, -0.2) is 4.98 Å². The quantitative estimate of drug-likeness (QED) is 0.358. The first-order valence-corrected chi connectivity index (χ1v) is 11.5. The molecule has 8 heteroatoms. The monoisotopic (exact) mass is 448 g/mol. The lowest BCUT2D eigenvalue weighted by atomic mass is 10.1. The minimum Gasteiger partial charge on any atom is -0.486 e. The number of rotatable bonds is 6. The minimum atomic E-state index is -0.0393. The third kappa shape index (κ3) is 3.98. The number of benzene rings is 2. The Morgan fingerprint density at radius 3 is 2.53 bits per heavy atom. The van der Waals surface area contributed by atoms with Crippen LogP contribution in [0.25, 0.3) is 22.7 Å². The molecule has 164 valence electrons. The van der Waals surface area contributed by atoms with Gasteiger partial charge in [0.25, 0.3) is 0 Å². The third-order valence-corrected chi connectivity index (χ3v) is 6.43. The molecule has 0 saturated carbocycles. The topological polar surface area (TPSA) is 75.2 Å². The van der Waals surface area contributed by atoms with E-state index in [-0.39, 0.29) is 5.25 Å². The van der Waals surface area contributed by atoms with Crippen LogP contribution in [0.2, 0.25) is 0 Å². The molecule has 3 heterocycles. The second-order valence-electron chi connectivity index (χ2n) is 7.60. The van der Waals surface area contributed by atoms with E-state index in [1.165, 1.54) is 5.56 Å². The third-order valence-electron chi connectivity index (χ3n) is 5.34. The van der Waals surface area contributed by atoms with Crippen LogP contribution in [0.15, 0.2) is 58.2 Å². The van der Waals surface area contributed by atoms with Gasteiger partial charge in [-0.2, -0.15) is 0 Å². The van der Waals surface area contributed by atoms with Crippen LogP contribution in [0.3, 0.4) is 0 Å². The minimum absolute atomic E-state index is 0.0393. The standard InChI is InChI=1S/C24H24N4O3S/c1-4-28-19(18-9-10-20-21(13-18)30-12-11-29-20)14-25-24(28)32-16(3)22-26-27-23(31-22)17-7-5-15(2)6-8-17/h5-10,13-14,16H,4,11-12H2,1-3H3. The molecule has 0 aliphatic carbocycles. The number of imidazole rings is 1. The molecule has 0 fully saturated rings. The van der Waals surface area contributed by atoms with Crippen molar-refractivity contribution in [1.82, 2.24) is 19.7 Å². The molecule has 5 rings (SSSR count). The molecule has 1 unspecified atom stereocenters. The first-order chi connectivity index (χ1) is 15.6. The summed E-state index contributed by atoms with van der Waals surface area (Å²) < 4.78 is 19.5. The fourth-order valence-corrected chi connectivity index (χ4v) is 4.59. The van der Waals surface area contributed by atoms with Gasteiger partial charge in [0.15, 0.2) is 16.7 Å². The molecule has 0 radical (unpaired) electrons. The predicted octanol–water partition coefficient (Wildman–Crippen LogP) is 5.55. The zero-order valence-electron chi connectivity index (χ0n) is 18.2. The van der Waals surface area contributed by atoms with E-state index in [1.54, 1.807) is 11.8 Å². The van der Waals surface area contributed by atoms with Crippen LogP contribution in [0.4, 0.5) is 0 Å². The van der Waals surface area contributed by atoms with Crippen molar-refractivity contribution in [3.8, 4) is 34.2 Å². The Bertz CT molecular complexity index is 1230. The van der Waals surface area contributed by atoms with Gasteiger partial charge in [0.2, 0.25) is 11.8 Å². The Balaban J connectivity index is 1.37. The highest BCUT2D eigenvalue weighted by atomic mass is 32.2. The largest absolute Gasteiger partial charge is 0.486 e. The molecule has 1 aliphatic heterocycles. The lowest BCUT2D eigenvalue weighted by Gasteiger charge is -2.19. The second-order valence-corrected chi connectivity index (χ2v) is 8.91. The summed E-state index contributed by atoms with van der Waals surface area (Å²) in [6.45, 7) is 8.15. The van der Waals surface area contributed by atoms with Crippen molar-refractivity contribution >= 4 is 11.8 Å². The average molecular weight is 449 g/mol. The highest BCUT2D eigenvalue weighted by Crippen LogP contribution is 2.38. The number of fused-ring (bicyclic) bond motifs is 1. The van der Waals surface area contributed by atoms with E-state index in [0.29, 0.717) is 25.0 Å². The number of hydrogen-bond acceptors (Lipinski definition) is 7. The first kappa shape index (κ1) is 20.6. The van der Waals surface area contributed by atoms with Crippen LogP contribution in [0, 0.1) is 6.92 Å². The lowest BCUT2D eigenvalue weighted by molar-refractivity contribution is 0.171. The van der Waals surface area contributed by atoms with Crippen LogP contribution in [0.1, 0.15) is 30.6 Å². The summed E-state index contributed by atoms with van der Waals surface area (Å²) in [6, 6.07) is 14.1. The molecule has 7 nitrogen and oxygen atoms in total. The van der Waals surface area contributed by atoms with Gasteiger partial charge in [-0.1, -0.05) is 29.5 Å². The van der Waals surface area contributed by atoms with E-state index in [4.69, 9.17) is 13.9 Å². The Labute approximate surface area is 190 Å². The average Bonchev–Trinajstić information content (AvgIpc) is 3.47. The smallest absolute Gasteiger partial charge is 0.247 e. The zero-order chi connectivity index (χ0) is 22.1. The van der Waals surface area contributed by atoms with E-state index in [0.717, 1.165) is 40.0 Å². The summed E-state index contributed by atoms with van der Waals surface area (Å²) in [5.74, 6) is 2.67. The molecule has 0 saturated heterocycles. The van der Waals surface area contributed by atoms with Crippen molar-refractivity contribution in [3.05, 3.63) is 60.1 Å². The summed E-state index contributed by atoms with van der Waals surface area (Å²) >= 11 is 1.60. The molecule has 0 amide bonds. The van der Waals surface area contributed by atoms with Crippen molar-refractivity contribution in [2.24, 2.45) is 0 Å². The molecule has 32 heavy (non-hydrogen) atoms. The van der Waals surface area contributed by atoms with E-state index in [9.17, 15) is 0 Å². The normalized spacial score (nSPS) is 13.8. The Morgan fingerprint density at radius 2 is 1.75 bits per heavy atom. The summed E-state index contributed by atoms with van der Waals surface area (Å²) in [6.07, 6.45) is 1.90. The molecule has 2 aromatic heterocycles. The predicted molar refractivity (Wildman–Crippen MR) is 123 cm³/mol. The number of nitrogens with zero attached hydrogens (tertiary/aromatic N) is 4. The highest BCUT2D eigenvalue weighted by Gasteiger charge is 2.21. The van der Waals surface area contributed by atoms with Crippen LogP contribution in [-0.2, 0) is 6.54 Å². The molecular weight excluding hydrogens is 424 g/mol. The van der Waals surface area contributed by atoms with Gasteiger partial charge in [-0.05, 0) is 51.1 Å². The van der Waals surface area contributed by atoms with Crippen molar-refractivity contribution in [3.63, 3.8) is 0 Å². The molecule has 0 bridgehead atoms. The molecule has 1 atom stereocenters. The van der Waals surface area contributed by atoms with Gasteiger partial charge in [0.05, 0.1) is 17.1 Å². The van der Waals surface area contributed by atoms with Crippen LogP contribution in [0.5, 0.6) is 11.5 Å². The molecule has 0 N–H and O–H groups in total. The van der Waals surface area contributed by atoms with E-state index >= 15 is 0 Å². The molecular formula is C24H24N4O3S. The van der Waals surface area contributed by atoms with Gasteiger partial charge in [-0.3, -0.25) is 0 Å². The van der Waals surface area contributed by atoms with Gasteiger partial charge in [0, 0.05) is 17.7 Å². The van der Waals surface area contributed by atoms with Crippen molar-refractivity contribution in [1.29, 1.82) is 0 Å². The van der Waals surface area contributed by atoms with Gasteiger partial charge in [0.1, 0.15) is 13.2 Å². The summed E-state index contributed by atoms with van der Waals surface area (Å²) in [5.41, 5.74) is 4.19. The van der Waals surface area contributed by atoms with Gasteiger partial charge >= 0.3 is 0 Å². The van der Waals surface area contributed by atoms with Gasteiger partial charge in [-0.15, -0.1) is 10.2 Å². The van der Waals surface area contributed by atoms with Gasteiger partial charge < -0.3 is 18.5 Å². The number of thioether (sulfide) groups is 1. The van der Waals surface area contributed by atoms with E-state index < -0.39 is 0 Å². The summed E-state index contributed by atoms with van der Waals surface area (Å²) in [5, 5.41) is 9.37. The number of aryl methyl sites for hydroxylation is 1. The molecule has 2 aromatic carbocycles. The maximum Gasteiger partial charge on any atom is 0.247 e. The summed E-state index contributed by atoms with van der Waals surface area (Å²) in [4.78, 5) is 4.68. The zero-order valence-corrected chi connectivity index (χ0v) is 19.1. The first-order valence-electron chi connectivity index (χ1n) is 10.6. The maximum atomic E-state index is 5.96. The van der Waals surface area contributed by atoms with Crippen molar-refractivity contribution < 1.29 is 13.9 Å². The highest BCUT2D eigenvalue weighted by molar-refractivity contribution is 7.99. The van der Waals surface area contributed by atoms with Crippen LogP contribution in [-0.4, -0.2) is 33.0 Å². The fourth-order valence-electron chi connectivity index (χ4n) is 3.61. The van der Waals surface area contributed by atoms with Crippen molar-refractivity contribution in [2.75, 3.05) is 13.2 Å². The maximum absolute atomic E-state index is 5.96. The molecule has 4 aromatic rings. The SMILES string of the molecule is CCn1c(-c2ccc3c(c2)OCCO3)cnc1SC(C)c1nnc(-c2ccc(C)cc2)o1. The number of hydrogen-bond donors (Lipinski definition) is 0. The number of aromatic nitrogens is 4. The van der Waals surface area contributed by atoms with E-state index in [2.05, 4.69) is 40.5 Å². The Hall–Kier alpha value is -3.26. The number of ether oxygens (including phenoxy) is 2. The molecule has 0 spiro atoms. The van der Waals surface area contributed by atoms with Crippen LogP contribution < -0.4 is 9.47 Å². The van der Waals surface area contributed by atoms with E-state index in [1.807, 2.05) is 48.7 Å². The summed E-state index contributed by atoms with van der Waals surface area (Å²) in [7, 11) is 0. The Morgan fingerprint density at radius 1 is 1.00 bits per heavy atom. The second kappa shape index (κ2) is 8.70. The van der Waals surface area contributed by atoms with Crippen LogP contribution >= 0.6 is 11.8 Å². The fraction of sp³-hybridized carbons (Fsp3) is 0.292. The molecule has 1 aliphatic rings. The lowest BCUT2D eigenvalue weighted by Crippen LogP contribution is -2.15. The Kier molecular flexibility index (Phi) is 5.61. The van der Waals surface area contributed by atoms with Crippen molar-refractivity contribution in [2.45, 2.75) is 37.7 Å².